The number of methoxy groups -OCH3 is 1. The molecule has 4 nitrogen and oxygen atoms in total. The van der Waals surface area contributed by atoms with Crippen molar-refractivity contribution in [3.63, 3.8) is 0 Å². The van der Waals surface area contributed by atoms with Crippen molar-refractivity contribution in [1.29, 1.82) is 0 Å². The van der Waals surface area contributed by atoms with E-state index in [0.717, 1.165) is 11.1 Å². The van der Waals surface area contributed by atoms with E-state index in [4.69, 9.17) is 9.47 Å². The maximum atomic E-state index is 13.7. The van der Waals surface area contributed by atoms with Crippen molar-refractivity contribution in [1.82, 2.24) is 0 Å². The van der Waals surface area contributed by atoms with Gasteiger partial charge in [-0.1, -0.05) is 24.3 Å². The molecule has 25 heavy (non-hydrogen) atoms. The minimum absolute atomic E-state index is 0.340. The maximum absolute atomic E-state index is 13.7. The van der Waals surface area contributed by atoms with Gasteiger partial charge in [0.25, 0.3) is 0 Å². The van der Waals surface area contributed by atoms with Crippen LogP contribution in [0.25, 0.3) is 11.1 Å². The molecule has 1 fully saturated rings. The minimum Gasteiger partial charge on any atom is -0.496 e. The van der Waals surface area contributed by atoms with E-state index >= 15 is 0 Å². The van der Waals surface area contributed by atoms with Crippen molar-refractivity contribution in [2.45, 2.75) is 19.3 Å². The molecule has 0 unspecified atom stereocenters. The molecule has 1 heterocycles. The standard InChI is InChI=1S/C20H21FO4/c1-24-18-6-5-16(21)12-17(18)15-4-2-3-14(11-15)13-20(19(22)23)7-9-25-10-8-20/h2-6,11-12H,7-10,13H2,1H3,(H,22,23). The maximum Gasteiger partial charge on any atom is 0.310 e. The SMILES string of the molecule is COc1ccc(F)cc1-c1cccc(CC2(C(=O)O)CCOCC2)c1. The van der Waals surface area contributed by atoms with E-state index < -0.39 is 11.4 Å². The minimum atomic E-state index is -0.803. The van der Waals surface area contributed by atoms with Crippen molar-refractivity contribution in [3.8, 4) is 16.9 Å². The number of carboxylic acids is 1. The van der Waals surface area contributed by atoms with E-state index in [2.05, 4.69) is 0 Å². The van der Waals surface area contributed by atoms with Gasteiger partial charge in [-0.2, -0.15) is 0 Å². The number of hydrogen-bond donors (Lipinski definition) is 1. The number of ether oxygens (including phenoxy) is 2. The summed E-state index contributed by atoms with van der Waals surface area (Å²) in [5.74, 6) is -0.547. The molecule has 3 rings (SSSR count). The Kier molecular flexibility index (Phi) is 5.04. The van der Waals surface area contributed by atoms with Gasteiger partial charge in [0.1, 0.15) is 11.6 Å². The summed E-state index contributed by atoms with van der Waals surface area (Å²) in [7, 11) is 1.54. The van der Waals surface area contributed by atoms with Gasteiger partial charge < -0.3 is 14.6 Å². The van der Waals surface area contributed by atoms with Crippen LogP contribution in [0.3, 0.4) is 0 Å². The van der Waals surface area contributed by atoms with Crippen molar-refractivity contribution in [3.05, 3.63) is 53.8 Å². The third-order valence-corrected chi connectivity index (χ3v) is 4.85. The Morgan fingerprint density at radius 3 is 2.68 bits per heavy atom. The second kappa shape index (κ2) is 7.23. The first-order valence-corrected chi connectivity index (χ1v) is 8.28. The van der Waals surface area contributed by atoms with Gasteiger partial charge in [0.2, 0.25) is 0 Å². The largest absolute Gasteiger partial charge is 0.496 e. The molecule has 0 amide bonds. The van der Waals surface area contributed by atoms with Gasteiger partial charge in [-0.25, -0.2) is 4.39 Å². The van der Waals surface area contributed by atoms with E-state index in [1.807, 2.05) is 24.3 Å². The first-order chi connectivity index (χ1) is 12.0. The second-order valence-corrected chi connectivity index (χ2v) is 6.42. The number of halogens is 1. The van der Waals surface area contributed by atoms with Crippen LogP contribution in [0.1, 0.15) is 18.4 Å². The van der Waals surface area contributed by atoms with Crippen LogP contribution in [0.2, 0.25) is 0 Å². The van der Waals surface area contributed by atoms with Crippen LogP contribution in [0.5, 0.6) is 5.75 Å². The zero-order valence-electron chi connectivity index (χ0n) is 14.1. The molecule has 1 N–H and O–H groups in total. The van der Waals surface area contributed by atoms with E-state index in [1.165, 1.54) is 12.1 Å². The molecule has 132 valence electrons. The molecule has 1 saturated heterocycles. The van der Waals surface area contributed by atoms with Crippen LogP contribution in [-0.2, 0) is 16.0 Å². The Bertz CT molecular complexity index is 766. The van der Waals surface area contributed by atoms with E-state index in [1.54, 1.807) is 13.2 Å². The van der Waals surface area contributed by atoms with Crippen molar-refractivity contribution >= 4 is 5.97 Å². The number of carboxylic acid groups (broad SMARTS) is 1. The Morgan fingerprint density at radius 1 is 1.24 bits per heavy atom. The quantitative estimate of drug-likeness (QED) is 0.893. The van der Waals surface area contributed by atoms with Crippen molar-refractivity contribution in [2.24, 2.45) is 5.41 Å². The molecule has 0 aromatic heterocycles. The number of aliphatic carboxylic acids is 1. The summed E-state index contributed by atoms with van der Waals surface area (Å²) in [5, 5.41) is 9.73. The molecule has 0 saturated carbocycles. The number of carbonyl (C=O) groups is 1. The normalized spacial score (nSPS) is 16.4. The summed E-state index contributed by atoms with van der Waals surface area (Å²) in [6.07, 6.45) is 1.42. The molecular formula is C20H21FO4. The molecule has 0 atom stereocenters. The van der Waals surface area contributed by atoms with E-state index in [0.29, 0.717) is 43.8 Å². The number of rotatable bonds is 5. The molecule has 0 spiro atoms. The third kappa shape index (κ3) is 3.66. The number of hydrogen-bond acceptors (Lipinski definition) is 3. The predicted molar refractivity (Wildman–Crippen MR) is 92.2 cm³/mol. The molecule has 0 aliphatic carbocycles. The highest BCUT2D eigenvalue weighted by Crippen LogP contribution is 2.37. The summed E-state index contributed by atoms with van der Waals surface area (Å²) in [5.41, 5.74) is 1.57. The molecule has 0 bridgehead atoms. The Hall–Kier alpha value is -2.40. The fourth-order valence-corrected chi connectivity index (χ4v) is 3.37. The average Bonchev–Trinajstić information content (AvgIpc) is 2.62. The topological polar surface area (TPSA) is 55.8 Å². The zero-order chi connectivity index (χ0) is 17.9. The average molecular weight is 344 g/mol. The summed E-state index contributed by atoms with van der Waals surface area (Å²) >= 11 is 0. The molecule has 1 aliphatic rings. The smallest absolute Gasteiger partial charge is 0.310 e. The molecular weight excluding hydrogens is 323 g/mol. The molecule has 5 heteroatoms. The Morgan fingerprint density at radius 2 is 2.00 bits per heavy atom. The van der Waals surface area contributed by atoms with Gasteiger partial charge in [0.05, 0.1) is 12.5 Å². The summed E-state index contributed by atoms with van der Waals surface area (Å²) in [4.78, 5) is 11.9. The van der Waals surface area contributed by atoms with Crippen LogP contribution in [0, 0.1) is 11.2 Å². The van der Waals surface area contributed by atoms with E-state index in [9.17, 15) is 14.3 Å². The second-order valence-electron chi connectivity index (χ2n) is 6.42. The zero-order valence-corrected chi connectivity index (χ0v) is 14.1. The lowest BCUT2D eigenvalue weighted by Crippen LogP contribution is -2.39. The molecule has 1 aliphatic heterocycles. The lowest BCUT2D eigenvalue weighted by Gasteiger charge is -2.33. The first-order valence-electron chi connectivity index (χ1n) is 8.28. The van der Waals surface area contributed by atoms with E-state index in [-0.39, 0.29) is 5.82 Å². The summed E-state index contributed by atoms with van der Waals surface area (Å²) < 4.78 is 24.3. The van der Waals surface area contributed by atoms with Gasteiger partial charge in [0.15, 0.2) is 0 Å². The van der Waals surface area contributed by atoms with Crippen LogP contribution in [-0.4, -0.2) is 31.4 Å². The molecule has 2 aromatic carbocycles. The highest BCUT2D eigenvalue weighted by atomic mass is 19.1. The van der Waals surface area contributed by atoms with Crippen molar-refractivity contribution in [2.75, 3.05) is 20.3 Å². The monoisotopic (exact) mass is 344 g/mol. The van der Waals surface area contributed by atoms with Crippen LogP contribution >= 0.6 is 0 Å². The van der Waals surface area contributed by atoms with Gasteiger partial charge in [0, 0.05) is 18.8 Å². The fourth-order valence-electron chi connectivity index (χ4n) is 3.37. The van der Waals surface area contributed by atoms with Gasteiger partial charge in [-0.15, -0.1) is 0 Å². The Balaban J connectivity index is 1.94. The lowest BCUT2D eigenvalue weighted by molar-refractivity contribution is -0.154. The lowest BCUT2D eigenvalue weighted by atomic mass is 9.75. The van der Waals surface area contributed by atoms with Crippen LogP contribution in [0.15, 0.2) is 42.5 Å². The number of benzene rings is 2. The van der Waals surface area contributed by atoms with Gasteiger partial charge in [-0.05, 0) is 48.6 Å². The van der Waals surface area contributed by atoms with Crippen molar-refractivity contribution < 1.29 is 23.8 Å². The highest BCUT2D eigenvalue weighted by molar-refractivity contribution is 5.76. The highest BCUT2D eigenvalue weighted by Gasteiger charge is 2.40. The first kappa shape index (κ1) is 17.4. The molecule has 0 radical (unpaired) electrons. The third-order valence-electron chi connectivity index (χ3n) is 4.85. The summed E-state index contributed by atoms with van der Waals surface area (Å²) in [6.45, 7) is 0.924. The molecule has 2 aromatic rings. The Labute approximate surface area is 146 Å². The van der Waals surface area contributed by atoms with Crippen LogP contribution < -0.4 is 4.74 Å². The van der Waals surface area contributed by atoms with Gasteiger partial charge in [-0.3, -0.25) is 4.79 Å². The van der Waals surface area contributed by atoms with Gasteiger partial charge >= 0.3 is 5.97 Å². The predicted octanol–water partition coefficient (Wildman–Crippen LogP) is 3.93. The summed E-state index contributed by atoms with van der Waals surface area (Å²) in [6, 6.07) is 11.9. The fraction of sp³-hybridized carbons (Fsp3) is 0.350. The van der Waals surface area contributed by atoms with Crippen LogP contribution in [0.4, 0.5) is 4.39 Å².